The van der Waals surface area contributed by atoms with Crippen LogP contribution in [0.15, 0.2) is 24.5 Å². The van der Waals surface area contributed by atoms with E-state index in [2.05, 4.69) is 30.8 Å². The number of pyridine rings is 1. The molecule has 1 saturated carbocycles. The molecular weight excluding hydrogens is 224 g/mol. The molecule has 3 heteroatoms. The highest BCUT2D eigenvalue weighted by Crippen LogP contribution is 2.32. The van der Waals surface area contributed by atoms with E-state index < -0.39 is 0 Å². The highest BCUT2D eigenvalue weighted by Gasteiger charge is 2.35. The van der Waals surface area contributed by atoms with Crippen molar-refractivity contribution in [3.63, 3.8) is 0 Å². The third kappa shape index (κ3) is 3.09. The van der Waals surface area contributed by atoms with Crippen LogP contribution in [0.5, 0.6) is 0 Å². The number of aromatic nitrogens is 1. The molecule has 0 spiro atoms. The van der Waals surface area contributed by atoms with E-state index in [4.69, 9.17) is 0 Å². The van der Waals surface area contributed by atoms with Gasteiger partial charge in [-0.3, -0.25) is 9.88 Å². The van der Waals surface area contributed by atoms with E-state index in [1.165, 1.54) is 12.0 Å². The predicted octanol–water partition coefficient (Wildman–Crippen LogP) is 2.31. The maximum atomic E-state index is 10.3. The zero-order chi connectivity index (χ0) is 13.1. The predicted molar refractivity (Wildman–Crippen MR) is 73.1 cm³/mol. The molecule has 1 N–H and O–H groups in total. The zero-order valence-electron chi connectivity index (χ0n) is 11.6. The molecule has 4 unspecified atom stereocenters. The third-order valence-electron chi connectivity index (χ3n) is 4.09. The molecule has 1 heterocycles. The number of hydrogen-bond acceptors (Lipinski definition) is 3. The van der Waals surface area contributed by atoms with Crippen molar-refractivity contribution in [2.75, 3.05) is 7.05 Å². The summed E-state index contributed by atoms with van der Waals surface area (Å²) in [7, 11) is 2.11. The Hall–Kier alpha value is -0.930. The van der Waals surface area contributed by atoms with Crippen LogP contribution in [0.2, 0.25) is 0 Å². The number of rotatable bonds is 3. The van der Waals surface area contributed by atoms with Gasteiger partial charge in [-0.25, -0.2) is 0 Å². The molecule has 0 amide bonds. The monoisotopic (exact) mass is 248 g/mol. The molecule has 2 rings (SSSR count). The molecule has 1 aliphatic carbocycles. The van der Waals surface area contributed by atoms with Gasteiger partial charge in [-0.2, -0.15) is 0 Å². The second-order valence-corrected chi connectivity index (χ2v) is 5.88. The highest BCUT2D eigenvalue weighted by atomic mass is 16.3. The number of aliphatic hydroxyl groups is 1. The van der Waals surface area contributed by atoms with Gasteiger partial charge in [-0.1, -0.05) is 13.8 Å². The summed E-state index contributed by atoms with van der Waals surface area (Å²) in [6, 6.07) is 4.35. The van der Waals surface area contributed by atoms with Gasteiger partial charge < -0.3 is 5.11 Å². The van der Waals surface area contributed by atoms with E-state index in [0.29, 0.717) is 11.8 Å². The Balaban J connectivity index is 2.01. The van der Waals surface area contributed by atoms with Gasteiger partial charge in [0.05, 0.1) is 6.10 Å². The molecule has 18 heavy (non-hydrogen) atoms. The van der Waals surface area contributed by atoms with Crippen molar-refractivity contribution >= 4 is 0 Å². The summed E-state index contributed by atoms with van der Waals surface area (Å²) in [5.74, 6) is 1.19. The fourth-order valence-electron chi connectivity index (χ4n) is 3.41. The summed E-state index contributed by atoms with van der Waals surface area (Å²) in [6.07, 6.45) is 5.59. The topological polar surface area (TPSA) is 36.4 Å². The first kappa shape index (κ1) is 13.5. The SMILES string of the molecule is CC1CC(C)C(N(C)Cc2ccncc2)C(O)C1. The summed E-state index contributed by atoms with van der Waals surface area (Å²) in [5, 5.41) is 10.3. The van der Waals surface area contributed by atoms with Crippen molar-refractivity contribution in [1.29, 1.82) is 0 Å². The fourth-order valence-corrected chi connectivity index (χ4v) is 3.41. The lowest BCUT2D eigenvalue weighted by Crippen LogP contribution is -2.49. The lowest BCUT2D eigenvalue weighted by atomic mass is 9.77. The summed E-state index contributed by atoms with van der Waals surface area (Å²) in [5.41, 5.74) is 1.26. The average molecular weight is 248 g/mol. The minimum atomic E-state index is -0.199. The van der Waals surface area contributed by atoms with Gasteiger partial charge in [0.15, 0.2) is 0 Å². The maximum absolute atomic E-state index is 10.3. The largest absolute Gasteiger partial charge is 0.391 e. The second-order valence-electron chi connectivity index (χ2n) is 5.88. The Bertz CT molecular complexity index is 356. The number of nitrogens with zero attached hydrogens (tertiary/aromatic N) is 2. The van der Waals surface area contributed by atoms with Crippen LogP contribution in [0.1, 0.15) is 32.3 Å². The lowest BCUT2D eigenvalue weighted by Gasteiger charge is -2.42. The van der Waals surface area contributed by atoms with Crippen molar-refractivity contribution in [2.24, 2.45) is 11.8 Å². The van der Waals surface area contributed by atoms with E-state index in [0.717, 1.165) is 13.0 Å². The van der Waals surface area contributed by atoms with Gasteiger partial charge in [-0.15, -0.1) is 0 Å². The van der Waals surface area contributed by atoms with Gasteiger partial charge in [0.1, 0.15) is 0 Å². The molecule has 1 fully saturated rings. The van der Waals surface area contributed by atoms with E-state index in [9.17, 15) is 5.11 Å². The molecule has 1 aliphatic rings. The van der Waals surface area contributed by atoms with Crippen molar-refractivity contribution in [1.82, 2.24) is 9.88 Å². The third-order valence-corrected chi connectivity index (χ3v) is 4.09. The van der Waals surface area contributed by atoms with Crippen LogP contribution in [0.3, 0.4) is 0 Å². The molecule has 3 nitrogen and oxygen atoms in total. The molecule has 0 radical (unpaired) electrons. The Kier molecular flexibility index (Phi) is 4.36. The molecule has 1 aromatic heterocycles. The fraction of sp³-hybridized carbons (Fsp3) is 0.667. The van der Waals surface area contributed by atoms with Crippen LogP contribution >= 0.6 is 0 Å². The first-order valence-corrected chi connectivity index (χ1v) is 6.85. The van der Waals surface area contributed by atoms with E-state index in [1.807, 2.05) is 24.5 Å². The van der Waals surface area contributed by atoms with Crippen LogP contribution in [0.4, 0.5) is 0 Å². The van der Waals surface area contributed by atoms with Crippen molar-refractivity contribution in [3.05, 3.63) is 30.1 Å². The van der Waals surface area contributed by atoms with Crippen LogP contribution in [-0.4, -0.2) is 34.2 Å². The standard InChI is InChI=1S/C15H24N2O/c1-11-8-12(2)15(14(18)9-11)17(3)10-13-4-6-16-7-5-13/h4-7,11-12,14-15,18H,8-10H2,1-3H3. The Morgan fingerprint density at radius 1 is 1.28 bits per heavy atom. The first-order valence-electron chi connectivity index (χ1n) is 6.85. The molecule has 100 valence electrons. The second kappa shape index (κ2) is 5.81. The maximum Gasteiger partial charge on any atom is 0.0700 e. The van der Waals surface area contributed by atoms with Gasteiger partial charge in [0.2, 0.25) is 0 Å². The summed E-state index contributed by atoms with van der Waals surface area (Å²) >= 11 is 0. The molecule has 0 bridgehead atoms. The van der Waals surface area contributed by atoms with Gasteiger partial charge in [-0.05, 0) is 49.4 Å². The zero-order valence-corrected chi connectivity index (χ0v) is 11.6. The Morgan fingerprint density at radius 3 is 2.56 bits per heavy atom. The van der Waals surface area contributed by atoms with Gasteiger partial charge in [0, 0.05) is 25.0 Å². The van der Waals surface area contributed by atoms with Gasteiger partial charge >= 0.3 is 0 Å². The Labute approximate surface area is 110 Å². The highest BCUT2D eigenvalue weighted by molar-refractivity contribution is 5.09. The quantitative estimate of drug-likeness (QED) is 0.891. The normalized spacial score (nSPS) is 32.7. The molecule has 0 aromatic carbocycles. The molecule has 1 aromatic rings. The first-order chi connectivity index (χ1) is 8.58. The van der Waals surface area contributed by atoms with E-state index >= 15 is 0 Å². The van der Waals surface area contributed by atoms with Crippen LogP contribution in [0.25, 0.3) is 0 Å². The van der Waals surface area contributed by atoms with E-state index in [-0.39, 0.29) is 12.1 Å². The minimum absolute atomic E-state index is 0.199. The molecular formula is C15H24N2O. The lowest BCUT2D eigenvalue weighted by molar-refractivity contribution is -0.0170. The summed E-state index contributed by atoms with van der Waals surface area (Å²) in [4.78, 5) is 6.33. The number of aliphatic hydroxyl groups excluding tert-OH is 1. The summed E-state index contributed by atoms with van der Waals surface area (Å²) < 4.78 is 0. The Morgan fingerprint density at radius 2 is 1.94 bits per heavy atom. The van der Waals surface area contributed by atoms with Crippen molar-refractivity contribution in [2.45, 2.75) is 45.4 Å². The molecule has 0 saturated heterocycles. The average Bonchev–Trinajstić information content (AvgIpc) is 2.28. The van der Waals surface area contributed by atoms with Gasteiger partial charge in [0.25, 0.3) is 0 Å². The molecule has 0 aliphatic heterocycles. The van der Waals surface area contributed by atoms with Crippen molar-refractivity contribution in [3.8, 4) is 0 Å². The van der Waals surface area contributed by atoms with Crippen LogP contribution in [-0.2, 0) is 6.54 Å². The van der Waals surface area contributed by atoms with E-state index in [1.54, 1.807) is 0 Å². The van der Waals surface area contributed by atoms with Crippen LogP contribution < -0.4 is 0 Å². The van der Waals surface area contributed by atoms with Crippen LogP contribution in [0, 0.1) is 11.8 Å². The minimum Gasteiger partial charge on any atom is -0.391 e. The summed E-state index contributed by atoms with van der Waals surface area (Å²) in [6.45, 7) is 5.37. The van der Waals surface area contributed by atoms with Crippen molar-refractivity contribution < 1.29 is 5.11 Å². The number of likely N-dealkylation sites (N-methyl/N-ethyl adjacent to an activating group) is 1. The smallest absolute Gasteiger partial charge is 0.0700 e. The molecule has 4 atom stereocenters. The number of hydrogen-bond donors (Lipinski definition) is 1.